The number of fused-ring (bicyclic) bond motifs is 1. The number of carbonyl (C=O) groups is 1. The number of nitrogens with one attached hydrogen (secondary N) is 2. The lowest BCUT2D eigenvalue weighted by atomic mass is 10.0. The molecule has 2 atom stereocenters. The van der Waals surface area contributed by atoms with Crippen LogP contribution >= 0.6 is 11.3 Å². The summed E-state index contributed by atoms with van der Waals surface area (Å²) in [4.78, 5) is 13.8. The summed E-state index contributed by atoms with van der Waals surface area (Å²) in [6.07, 6.45) is 3.15. The summed E-state index contributed by atoms with van der Waals surface area (Å²) >= 11 is 1.67. The maximum Gasteiger partial charge on any atom is 0.315 e. The van der Waals surface area contributed by atoms with E-state index in [9.17, 15) is 4.79 Å². The molecule has 5 nitrogen and oxygen atoms in total. The van der Waals surface area contributed by atoms with Gasteiger partial charge in [0.05, 0.1) is 12.1 Å². The van der Waals surface area contributed by atoms with Crippen LogP contribution < -0.4 is 20.1 Å². The van der Waals surface area contributed by atoms with Crippen LogP contribution in [0.1, 0.15) is 48.7 Å². The lowest BCUT2D eigenvalue weighted by molar-refractivity contribution is 0.171. The molecule has 1 aliphatic heterocycles. The van der Waals surface area contributed by atoms with Crippen molar-refractivity contribution >= 4 is 17.4 Å². The number of amides is 2. The van der Waals surface area contributed by atoms with Crippen LogP contribution in [0.15, 0.2) is 35.7 Å². The van der Waals surface area contributed by atoms with Crippen LogP contribution in [0.3, 0.4) is 0 Å². The molecule has 1 aliphatic carbocycles. The van der Waals surface area contributed by atoms with Crippen molar-refractivity contribution in [2.75, 3.05) is 13.2 Å². The minimum atomic E-state index is -0.114. The number of thiophene rings is 1. The van der Waals surface area contributed by atoms with E-state index in [4.69, 9.17) is 9.47 Å². The van der Waals surface area contributed by atoms with Gasteiger partial charge in [0.2, 0.25) is 0 Å². The fourth-order valence-electron chi connectivity index (χ4n) is 3.36. The molecule has 2 amide bonds. The van der Waals surface area contributed by atoms with Crippen molar-refractivity contribution in [3.63, 3.8) is 0 Å². The van der Waals surface area contributed by atoms with E-state index in [0.717, 1.165) is 36.3 Å². The average Bonchev–Trinajstić information content (AvgIpc) is 3.37. The molecule has 2 aromatic rings. The van der Waals surface area contributed by atoms with Gasteiger partial charge in [-0.05, 0) is 54.3 Å². The highest BCUT2D eigenvalue weighted by Crippen LogP contribution is 2.43. The molecule has 1 aromatic heterocycles. The highest BCUT2D eigenvalue weighted by atomic mass is 32.1. The standard InChI is InChI=1S/C20H24N2O3S/c1-2-15(18-4-3-11-26-18)21-20(23)22-19(13-5-6-13)14-7-8-16-17(12-14)25-10-9-24-16/h3-4,7-8,11-13,15,19H,2,5-6,9-10H2,1H3,(H2,21,22,23). The van der Waals surface area contributed by atoms with Crippen LogP contribution in [0.4, 0.5) is 4.79 Å². The van der Waals surface area contributed by atoms with E-state index in [0.29, 0.717) is 19.1 Å². The second-order valence-electron chi connectivity index (χ2n) is 6.81. The van der Waals surface area contributed by atoms with Crippen LogP contribution in [0.25, 0.3) is 0 Å². The second-order valence-corrected chi connectivity index (χ2v) is 7.79. The maximum atomic E-state index is 12.6. The van der Waals surface area contributed by atoms with Crippen LogP contribution in [-0.4, -0.2) is 19.2 Å². The minimum Gasteiger partial charge on any atom is -0.486 e. The first-order valence-corrected chi connectivity index (χ1v) is 10.1. The quantitative estimate of drug-likeness (QED) is 0.789. The van der Waals surface area contributed by atoms with E-state index in [1.165, 1.54) is 4.88 Å². The molecule has 1 saturated carbocycles. The zero-order valence-corrected chi connectivity index (χ0v) is 15.7. The minimum absolute atomic E-state index is 0.00617. The van der Waals surface area contributed by atoms with Gasteiger partial charge in [0, 0.05) is 4.88 Å². The van der Waals surface area contributed by atoms with Gasteiger partial charge in [-0.15, -0.1) is 11.3 Å². The zero-order valence-electron chi connectivity index (χ0n) is 14.9. The molecule has 2 N–H and O–H groups in total. The largest absolute Gasteiger partial charge is 0.486 e. The second kappa shape index (κ2) is 7.58. The topological polar surface area (TPSA) is 59.6 Å². The highest BCUT2D eigenvalue weighted by molar-refractivity contribution is 7.10. The SMILES string of the molecule is CCC(NC(=O)NC(c1ccc2c(c1)OCCO2)C1CC1)c1cccs1. The Labute approximate surface area is 157 Å². The maximum absolute atomic E-state index is 12.6. The third-order valence-corrected chi connectivity index (χ3v) is 5.89. The summed E-state index contributed by atoms with van der Waals surface area (Å²) in [6.45, 7) is 3.24. The smallest absolute Gasteiger partial charge is 0.315 e. The van der Waals surface area contributed by atoms with Gasteiger partial charge in [-0.2, -0.15) is 0 Å². The molecule has 0 radical (unpaired) electrons. The number of urea groups is 1. The van der Waals surface area contributed by atoms with E-state index in [1.54, 1.807) is 11.3 Å². The Morgan fingerprint density at radius 2 is 2.00 bits per heavy atom. The molecule has 2 heterocycles. The monoisotopic (exact) mass is 372 g/mol. The summed E-state index contributed by atoms with van der Waals surface area (Å²) in [7, 11) is 0. The molecule has 138 valence electrons. The van der Waals surface area contributed by atoms with Gasteiger partial charge in [0.25, 0.3) is 0 Å². The van der Waals surface area contributed by atoms with Gasteiger partial charge in [-0.3, -0.25) is 0 Å². The van der Waals surface area contributed by atoms with Gasteiger partial charge >= 0.3 is 6.03 Å². The predicted molar refractivity (Wildman–Crippen MR) is 102 cm³/mol. The molecule has 1 fully saturated rings. The summed E-state index contributed by atoms with van der Waals surface area (Å²) in [5, 5.41) is 8.35. The van der Waals surface area contributed by atoms with Gasteiger partial charge in [0.1, 0.15) is 13.2 Å². The fraction of sp³-hybridized carbons (Fsp3) is 0.450. The van der Waals surface area contributed by atoms with Gasteiger partial charge < -0.3 is 20.1 Å². The molecule has 0 bridgehead atoms. The molecule has 0 saturated heterocycles. The summed E-state index contributed by atoms with van der Waals surface area (Å²) in [6, 6.07) is 10.0. The average molecular weight is 372 g/mol. The van der Waals surface area contributed by atoms with Crippen molar-refractivity contribution in [1.82, 2.24) is 10.6 Å². The van der Waals surface area contributed by atoms with E-state index >= 15 is 0 Å². The molecule has 26 heavy (non-hydrogen) atoms. The molecule has 6 heteroatoms. The first kappa shape index (κ1) is 17.2. The van der Waals surface area contributed by atoms with Gasteiger partial charge in [0.15, 0.2) is 11.5 Å². The number of rotatable bonds is 6. The molecular formula is C20H24N2O3S. The lowest BCUT2D eigenvalue weighted by Crippen LogP contribution is -2.40. The van der Waals surface area contributed by atoms with Crippen molar-refractivity contribution in [2.24, 2.45) is 5.92 Å². The molecule has 1 aromatic carbocycles. The third-order valence-electron chi connectivity index (χ3n) is 4.91. The van der Waals surface area contributed by atoms with Crippen molar-refractivity contribution in [2.45, 2.75) is 38.3 Å². The van der Waals surface area contributed by atoms with Crippen molar-refractivity contribution in [1.29, 1.82) is 0 Å². The highest BCUT2D eigenvalue weighted by Gasteiger charge is 2.34. The molecule has 2 aliphatic rings. The normalized spacial score (nSPS) is 18.0. The summed E-state index contributed by atoms with van der Waals surface area (Å²) < 4.78 is 11.3. The molecule has 0 spiro atoms. The van der Waals surface area contributed by atoms with E-state index in [-0.39, 0.29) is 18.1 Å². The van der Waals surface area contributed by atoms with E-state index < -0.39 is 0 Å². The lowest BCUT2D eigenvalue weighted by Gasteiger charge is -2.24. The Balaban J connectivity index is 1.46. The zero-order chi connectivity index (χ0) is 17.9. The Bertz CT molecular complexity index is 758. The third kappa shape index (κ3) is 3.80. The summed E-state index contributed by atoms with van der Waals surface area (Å²) in [5.41, 5.74) is 1.08. The first-order chi connectivity index (χ1) is 12.7. The van der Waals surface area contributed by atoms with Crippen molar-refractivity contribution in [3.8, 4) is 11.5 Å². The van der Waals surface area contributed by atoms with Gasteiger partial charge in [-0.25, -0.2) is 4.79 Å². The van der Waals surface area contributed by atoms with Crippen LogP contribution in [0.2, 0.25) is 0 Å². The predicted octanol–water partition coefficient (Wildman–Crippen LogP) is 4.42. The fourth-order valence-corrected chi connectivity index (χ4v) is 4.22. The molecule has 4 rings (SSSR count). The van der Waals surface area contributed by atoms with Crippen LogP contribution in [-0.2, 0) is 0 Å². The van der Waals surface area contributed by atoms with E-state index in [2.05, 4.69) is 23.6 Å². The van der Waals surface area contributed by atoms with Crippen molar-refractivity contribution < 1.29 is 14.3 Å². The number of hydrogen-bond donors (Lipinski definition) is 2. The Morgan fingerprint density at radius 1 is 1.19 bits per heavy atom. The van der Waals surface area contributed by atoms with E-state index in [1.807, 2.05) is 29.6 Å². The Hall–Kier alpha value is -2.21. The molecule has 2 unspecified atom stereocenters. The Morgan fingerprint density at radius 3 is 2.69 bits per heavy atom. The summed E-state index contributed by atoms with van der Waals surface area (Å²) in [5.74, 6) is 2.04. The van der Waals surface area contributed by atoms with Crippen LogP contribution in [0.5, 0.6) is 11.5 Å². The number of hydrogen-bond acceptors (Lipinski definition) is 4. The van der Waals surface area contributed by atoms with Crippen molar-refractivity contribution in [3.05, 3.63) is 46.2 Å². The number of carbonyl (C=O) groups excluding carboxylic acids is 1. The Kier molecular flexibility index (Phi) is 5.02. The number of ether oxygens (including phenoxy) is 2. The van der Waals surface area contributed by atoms with Gasteiger partial charge in [-0.1, -0.05) is 19.1 Å². The number of benzene rings is 1. The van der Waals surface area contributed by atoms with Crippen LogP contribution in [0, 0.1) is 5.92 Å². The molecular weight excluding hydrogens is 348 g/mol. The first-order valence-electron chi connectivity index (χ1n) is 9.24.